The van der Waals surface area contributed by atoms with Gasteiger partial charge in [-0.25, -0.2) is 0 Å². The predicted molar refractivity (Wildman–Crippen MR) is 117 cm³/mol. The fourth-order valence-electron chi connectivity index (χ4n) is 3.56. The van der Waals surface area contributed by atoms with Crippen LogP contribution in [0.3, 0.4) is 0 Å². The summed E-state index contributed by atoms with van der Waals surface area (Å²) in [6.45, 7) is 3.15. The van der Waals surface area contributed by atoms with Crippen LogP contribution in [0.2, 0.25) is 10.0 Å². The Labute approximate surface area is 186 Å². The number of ether oxygens (including phenoxy) is 2. The number of likely N-dealkylation sites (tertiary alicyclic amines) is 1. The Bertz CT molecular complexity index is 910. The lowest BCUT2D eigenvalue weighted by atomic mass is 9.89. The molecular weight excluding hydrogens is 425 g/mol. The van der Waals surface area contributed by atoms with Gasteiger partial charge in [0.2, 0.25) is 0 Å². The van der Waals surface area contributed by atoms with Crippen LogP contribution in [0.15, 0.2) is 42.5 Å². The van der Waals surface area contributed by atoms with Gasteiger partial charge in [0.1, 0.15) is 11.9 Å². The van der Waals surface area contributed by atoms with E-state index in [1.165, 1.54) is 0 Å². The highest BCUT2D eigenvalue weighted by molar-refractivity contribution is 6.42. The molecule has 0 aliphatic carbocycles. The number of benzene rings is 2. The van der Waals surface area contributed by atoms with Gasteiger partial charge in [-0.3, -0.25) is 9.59 Å². The maximum Gasteiger partial charge on any atom is 0.251 e. The van der Waals surface area contributed by atoms with E-state index in [4.69, 9.17) is 32.7 Å². The van der Waals surface area contributed by atoms with Crippen molar-refractivity contribution in [1.29, 1.82) is 0 Å². The zero-order valence-corrected chi connectivity index (χ0v) is 18.6. The molecule has 0 aromatic heterocycles. The Morgan fingerprint density at radius 2 is 1.83 bits per heavy atom. The molecule has 1 amide bonds. The van der Waals surface area contributed by atoms with Crippen molar-refractivity contribution >= 4 is 34.9 Å². The zero-order chi connectivity index (χ0) is 21.7. The lowest BCUT2D eigenvalue weighted by Gasteiger charge is -2.33. The molecule has 1 saturated heterocycles. The Morgan fingerprint density at radius 1 is 1.10 bits per heavy atom. The van der Waals surface area contributed by atoms with E-state index in [2.05, 4.69) is 0 Å². The molecule has 1 aliphatic heterocycles. The minimum absolute atomic E-state index is 0.0444. The highest BCUT2D eigenvalue weighted by Crippen LogP contribution is 2.27. The lowest BCUT2D eigenvalue weighted by molar-refractivity contribution is -0.144. The molecule has 0 N–H and O–H groups in total. The molecule has 2 aromatic carbocycles. The molecule has 1 unspecified atom stereocenters. The smallest absolute Gasteiger partial charge is 0.251 e. The molecule has 1 heterocycles. The molecule has 0 bridgehead atoms. The molecule has 30 heavy (non-hydrogen) atoms. The highest BCUT2D eigenvalue weighted by atomic mass is 35.5. The topological polar surface area (TPSA) is 55.8 Å². The van der Waals surface area contributed by atoms with Gasteiger partial charge in [-0.05, 0) is 55.7 Å². The number of nitrogens with zero attached hydrogens (tertiary/aromatic N) is 1. The first kappa shape index (κ1) is 22.6. The van der Waals surface area contributed by atoms with Gasteiger partial charge in [-0.1, -0.05) is 35.3 Å². The van der Waals surface area contributed by atoms with Crippen LogP contribution in [0.5, 0.6) is 5.75 Å². The number of rotatable bonds is 7. The van der Waals surface area contributed by atoms with Crippen molar-refractivity contribution in [3.05, 3.63) is 63.6 Å². The molecule has 1 fully saturated rings. The molecule has 2 aromatic rings. The summed E-state index contributed by atoms with van der Waals surface area (Å²) in [7, 11) is 1.61. The van der Waals surface area contributed by atoms with Crippen molar-refractivity contribution in [2.24, 2.45) is 5.92 Å². The van der Waals surface area contributed by atoms with E-state index in [0.717, 1.165) is 11.3 Å². The van der Waals surface area contributed by atoms with E-state index in [-0.39, 0.29) is 17.6 Å². The van der Waals surface area contributed by atoms with E-state index in [0.29, 0.717) is 48.1 Å². The second-order valence-electron chi connectivity index (χ2n) is 7.40. The summed E-state index contributed by atoms with van der Waals surface area (Å²) in [5.74, 6) is 0.615. The van der Waals surface area contributed by atoms with Gasteiger partial charge in [0.25, 0.3) is 5.91 Å². The molecule has 7 heteroatoms. The summed E-state index contributed by atoms with van der Waals surface area (Å²) in [5, 5.41) is 0.800. The van der Waals surface area contributed by atoms with Crippen molar-refractivity contribution in [2.75, 3.05) is 20.2 Å². The van der Waals surface area contributed by atoms with Crippen molar-refractivity contribution in [2.45, 2.75) is 32.5 Å². The molecule has 0 radical (unpaired) electrons. The van der Waals surface area contributed by atoms with Crippen LogP contribution >= 0.6 is 23.2 Å². The molecule has 5 nitrogen and oxygen atoms in total. The van der Waals surface area contributed by atoms with Crippen LogP contribution in [0.4, 0.5) is 0 Å². The van der Waals surface area contributed by atoms with Crippen molar-refractivity contribution < 1.29 is 19.1 Å². The highest BCUT2D eigenvalue weighted by Gasteiger charge is 2.30. The van der Waals surface area contributed by atoms with Crippen molar-refractivity contribution in [3.8, 4) is 5.75 Å². The SMILES string of the molecule is COc1cccc(COC(C)C(=O)N2CCC(C(=O)c3ccc(Cl)c(Cl)c3)CC2)c1. The van der Waals surface area contributed by atoms with Gasteiger partial charge in [-0.2, -0.15) is 0 Å². The molecule has 0 saturated carbocycles. The number of halogens is 2. The normalized spacial score (nSPS) is 15.7. The number of hydrogen-bond acceptors (Lipinski definition) is 4. The monoisotopic (exact) mass is 449 g/mol. The molecule has 0 spiro atoms. The quantitative estimate of drug-likeness (QED) is 0.556. The summed E-state index contributed by atoms with van der Waals surface area (Å²) >= 11 is 12.0. The van der Waals surface area contributed by atoms with Gasteiger partial charge in [0, 0.05) is 24.6 Å². The van der Waals surface area contributed by atoms with Crippen LogP contribution in [-0.4, -0.2) is 42.9 Å². The van der Waals surface area contributed by atoms with Gasteiger partial charge in [0.05, 0.1) is 23.8 Å². The number of carbonyl (C=O) groups is 2. The third-order valence-corrected chi connectivity index (χ3v) is 6.10. The first-order valence-corrected chi connectivity index (χ1v) is 10.7. The predicted octanol–water partition coefficient (Wildman–Crippen LogP) is 5.03. The zero-order valence-electron chi connectivity index (χ0n) is 17.1. The van der Waals surface area contributed by atoms with Crippen LogP contribution in [0.1, 0.15) is 35.7 Å². The average Bonchev–Trinajstić information content (AvgIpc) is 2.78. The average molecular weight is 450 g/mol. The minimum Gasteiger partial charge on any atom is -0.497 e. The van der Waals surface area contributed by atoms with Crippen LogP contribution < -0.4 is 4.74 Å². The molecule has 1 atom stereocenters. The van der Waals surface area contributed by atoms with Gasteiger partial charge in [-0.15, -0.1) is 0 Å². The third kappa shape index (κ3) is 5.54. The fraction of sp³-hybridized carbons (Fsp3) is 0.391. The van der Waals surface area contributed by atoms with Crippen LogP contribution in [-0.2, 0) is 16.1 Å². The fourth-order valence-corrected chi connectivity index (χ4v) is 3.86. The molecule has 3 rings (SSSR count). The maximum absolute atomic E-state index is 12.7. The Hall–Kier alpha value is -2.08. The van der Waals surface area contributed by atoms with E-state index in [9.17, 15) is 9.59 Å². The van der Waals surface area contributed by atoms with Gasteiger partial charge < -0.3 is 14.4 Å². The number of methoxy groups -OCH3 is 1. The number of carbonyl (C=O) groups excluding carboxylic acids is 2. The molecular formula is C23H25Cl2NO4. The van der Waals surface area contributed by atoms with Crippen molar-refractivity contribution in [3.63, 3.8) is 0 Å². The van der Waals surface area contributed by atoms with Gasteiger partial charge >= 0.3 is 0 Å². The first-order chi connectivity index (χ1) is 14.4. The minimum atomic E-state index is -0.557. The first-order valence-electron chi connectivity index (χ1n) is 9.91. The number of piperidine rings is 1. The van der Waals surface area contributed by atoms with E-state index in [1.807, 2.05) is 24.3 Å². The van der Waals surface area contributed by atoms with Crippen LogP contribution in [0.25, 0.3) is 0 Å². The largest absolute Gasteiger partial charge is 0.497 e. The summed E-state index contributed by atoms with van der Waals surface area (Å²) < 4.78 is 11.0. The lowest BCUT2D eigenvalue weighted by Crippen LogP contribution is -2.44. The Kier molecular flexibility index (Phi) is 7.75. The second-order valence-corrected chi connectivity index (χ2v) is 8.21. The standard InChI is InChI=1S/C23H25Cl2NO4/c1-15(30-14-16-4-3-5-19(12-16)29-2)23(28)26-10-8-17(9-11-26)22(27)18-6-7-20(24)21(25)13-18/h3-7,12-13,15,17H,8-11,14H2,1-2H3. The number of ketones is 1. The number of Topliss-reactive ketones (excluding diaryl/α,β-unsaturated/α-hetero) is 1. The molecule has 160 valence electrons. The maximum atomic E-state index is 12.7. The molecule has 1 aliphatic rings. The summed E-state index contributed by atoms with van der Waals surface area (Å²) in [6.07, 6.45) is 0.680. The number of hydrogen-bond donors (Lipinski definition) is 0. The Balaban J connectivity index is 1.50. The van der Waals surface area contributed by atoms with Crippen molar-refractivity contribution in [1.82, 2.24) is 4.90 Å². The summed E-state index contributed by atoms with van der Waals surface area (Å²) in [6, 6.07) is 12.5. The van der Waals surface area contributed by atoms with E-state index in [1.54, 1.807) is 37.1 Å². The second kappa shape index (κ2) is 10.3. The summed E-state index contributed by atoms with van der Waals surface area (Å²) in [5.41, 5.74) is 1.50. The Morgan fingerprint density at radius 3 is 2.50 bits per heavy atom. The van der Waals surface area contributed by atoms with Gasteiger partial charge in [0.15, 0.2) is 5.78 Å². The third-order valence-electron chi connectivity index (χ3n) is 5.36. The van der Waals surface area contributed by atoms with Crippen LogP contribution in [0, 0.1) is 5.92 Å². The van der Waals surface area contributed by atoms with E-state index < -0.39 is 6.10 Å². The summed E-state index contributed by atoms with van der Waals surface area (Å²) in [4.78, 5) is 27.2. The number of amides is 1. The van der Waals surface area contributed by atoms with E-state index >= 15 is 0 Å².